The van der Waals surface area contributed by atoms with Crippen molar-refractivity contribution in [2.24, 2.45) is 0 Å². The van der Waals surface area contributed by atoms with E-state index in [1.807, 2.05) is 0 Å². The van der Waals surface area contributed by atoms with Crippen LogP contribution in [0, 0.1) is 0 Å². The number of rotatable bonds is 2. The molecule has 0 amide bonds. The molecule has 4 nitrogen and oxygen atoms in total. The first-order valence-electron chi connectivity index (χ1n) is 2.38. The lowest BCUT2D eigenvalue weighted by molar-refractivity contribution is 0.325. The zero-order valence-electron chi connectivity index (χ0n) is 4.66. The third-order valence-electron chi connectivity index (χ3n) is 0.752. The van der Waals surface area contributed by atoms with Gasteiger partial charge in [0.25, 0.3) is 0 Å². The number of nitrogens with one attached hydrogen (secondary N) is 1. The fourth-order valence-corrected chi connectivity index (χ4v) is 1.03. The Morgan fingerprint density at radius 3 is 3.11 bits per heavy atom. The molecule has 0 radical (unpaired) electrons. The van der Waals surface area contributed by atoms with Crippen molar-refractivity contribution in [1.82, 2.24) is 4.98 Å². The molecule has 5 heteroatoms. The molecule has 50 valence electrons. The lowest BCUT2D eigenvalue weighted by Crippen LogP contribution is -1.98. The summed E-state index contributed by atoms with van der Waals surface area (Å²) < 4.78 is 0. The summed E-state index contributed by atoms with van der Waals surface area (Å²) in [6.45, 7) is -0.104. The molecule has 1 heterocycles. The van der Waals surface area contributed by atoms with Crippen molar-refractivity contribution in [2.45, 2.75) is 0 Å². The van der Waals surface area contributed by atoms with Gasteiger partial charge >= 0.3 is 0 Å². The molecule has 0 aliphatic heterocycles. The number of hydrogen-bond acceptors (Lipinski definition) is 5. The fourth-order valence-electron chi connectivity index (χ4n) is 0.435. The quantitative estimate of drug-likeness (QED) is 0.516. The van der Waals surface area contributed by atoms with Gasteiger partial charge in [-0.2, -0.15) is 0 Å². The smallest absolute Gasteiger partial charge is 0.186 e. The molecule has 1 aromatic rings. The topological polar surface area (TPSA) is 71.2 Å². The fraction of sp³-hybridized carbons (Fsp3) is 0.250. The maximum absolute atomic E-state index is 8.34. The van der Waals surface area contributed by atoms with Crippen molar-refractivity contribution in [3.8, 4) is 0 Å². The number of aliphatic hydroxyl groups is 1. The second-order valence-electron chi connectivity index (χ2n) is 1.41. The molecule has 0 bridgehead atoms. The van der Waals surface area contributed by atoms with Crippen LogP contribution >= 0.6 is 11.3 Å². The van der Waals surface area contributed by atoms with Crippen molar-refractivity contribution >= 4 is 22.3 Å². The van der Waals surface area contributed by atoms with Crippen molar-refractivity contribution in [2.75, 3.05) is 17.8 Å². The first-order chi connectivity index (χ1) is 4.33. The van der Waals surface area contributed by atoms with Crippen LogP contribution in [0.1, 0.15) is 0 Å². The molecule has 0 aliphatic carbocycles. The summed E-state index contributed by atoms with van der Waals surface area (Å²) in [4.78, 5) is 3.83. The maximum atomic E-state index is 8.34. The average molecular weight is 145 g/mol. The highest BCUT2D eigenvalue weighted by Gasteiger charge is 1.93. The Labute approximate surface area is 56.3 Å². The molecule has 0 atom stereocenters. The maximum Gasteiger partial charge on any atom is 0.186 e. The summed E-state index contributed by atoms with van der Waals surface area (Å²) in [5.74, 6) is 0.482. The Hall–Kier alpha value is -0.810. The third-order valence-corrected chi connectivity index (χ3v) is 1.57. The van der Waals surface area contributed by atoms with Crippen molar-refractivity contribution in [1.29, 1.82) is 0 Å². The average Bonchev–Trinajstić information content (AvgIpc) is 2.17. The number of aromatic nitrogens is 1. The summed E-state index contributed by atoms with van der Waals surface area (Å²) in [5, 5.41) is 13.3. The van der Waals surface area contributed by atoms with E-state index >= 15 is 0 Å². The Bertz CT molecular complexity index is 188. The molecule has 0 saturated heterocycles. The molecular weight excluding hydrogens is 138 g/mol. The Kier molecular flexibility index (Phi) is 1.86. The number of aliphatic hydroxyl groups excluding tert-OH is 1. The van der Waals surface area contributed by atoms with E-state index in [1.54, 1.807) is 5.38 Å². The Morgan fingerprint density at radius 2 is 2.67 bits per heavy atom. The highest BCUT2D eigenvalue weighted by Crippen LogP contribution is 2.15. The number of thiazole rings is 1. The summed E-state index contributed by atoms with van der Waals surface area (Å²) in [7, 11) is 0. The molecule has 4 N–H and O–H groups in total. The van der Waals surface area contributed by atoms with Gasteiger partial charge < -0.3 is 16.2 Å². The van der Waals surface area contributed by atoms with Gasteiger partial charge in [0.1, 0.15) is 12.5 Å². The van der Waals surface area contributed by atoms with Crippen LogP contribution < -0.4 is 11.1 Å². The van der Waals surface area contributed by atoms with E-state index in [0.29, 0.717) is 10.9 Å². The van der Waals surface area contributed by atoms with Crippen LogP contribution in [0.15, 0.2) is 5.38 Å². The van der Waals surface area contributed by atoms with Gasteiger partial charge in [-0.15, -0.1) is 11.3 Å². The third kappa shape index (κ3) is 1.55. The number of nitrogens with two attached hydrogens (primary N) is 1. The molecule has 0 fully saturated rings. The molecule has 1 aromatic heterocycles. The van der Waals surface area contributed by atoms with Crippen LogP contribution in [0.5, 0.6) is 0 Å². The summed E-state index contributed by atoms with van der Waals surface area (Å²) in [6, 6.07) is 0. The molecule has 1 rings (SSSR count). The standard InChI is InChI=1S/C4H7N3OS/c5-3-1-9-4(7-3)6-2-8/h1,8H,2,5H2,(H,6,7). The SMILES string of the molecule is Nc1csc(NCO)n1. The Morgan fingerprint density at radius 1 is 1.89 bits per heavy atom. The van der Waals surface area contributed by atoms with Crippen LogP contribution in [0.4, 0.5) is 10.9 Å². The van der Waals surface area contributed by atoms with Gasteiger partial charge in [0.05, 0.1) is 0 Å². The van der Waals surface area contributed by atoms with E-state index < -0.39 is 0 Å². The summed E-state index contributed by atoms with van der Waals surface area (Å²) >= 11 is 1.37. The van der Waals surface area contributed by atoms with Gasteiger partial charge in [-0.1, -0.05) is 0 Å². The number of nitrogens with zero attached hydrogens (tertiary/aromatic N) is 1. The minimum atomic E-state index is -0.104. The van der Waals surface area contributed by atoms with Gasteiger partial charge in [-0.3, -0.25) is 0 Å². The van der Waals surface area contributed by atoms with Crippen molar-refractivity contribution in [3.63, 3.8) is 0 Å². The highest BCUT2D eigenvalue weighted by atomic mass is 32.1. The lowest BCUT2D eigenvalue weighted by atomic mass is 10.8. The van der Waals surface area contributed by atoms with Crippen molar-refractivity contribution in [3.05, 3.63) is 5.38 Å². The van der Waals surface area contributed by atoms with Crippen LogP contribution in [-0.2, 0) is 0 Å². The molecule has 0 unspecified atom stereocenters. The van der Waals surface area contributed by atoms with Crippen molar-refractivity contribution < 1.29 is 5.11 Å². The molecule has 9 heavy (non-hydrogen) atoms. The zero-order valence-corrected chi connectivity index (χ0v) is 5.48. The minimum absolute atomic E-state index is 0.104. The van der Waals surface area contributed by atoms with Crippen LogP contribution in [0.25, 0.3) is 0 Å². The second kappa shape index (κ2) is 2.65. The molecule has 0 aliphatic rings. The van der Waals surface area contributed by atoms with E-state index in [4.69, 9.17) is 10.8 Å². The Balaban J connectivity index is 2.61. The first kappa shape index (κ1) is 6.31. The predicted molar refractivity (Wildman–Crippen MR) is 37.2 cm³/mol. The van der Waals surface area contributed by atoms with Gasteiger partial charge in [-0.25, -0.2) is 4.98 Å². The molecule has 0 spiro atoms. The van der Waals surface area contributed by atoms with E-state index in [0.717, 1.165) is 0 Å². The van der Waals surface area contributed by atoms with E-state index in [1.165, 1.54) is 11.3 Å². The minimum Gasteiger partial charge on any atom is -0.383 e. The summed E-state index contributed by atoms with van der Waals surface area (Å²) in [6.07, 6.45) is 0. The van der Waals surface area contributed by atoms with Gasteiger partial charge in [0, 0.05) is 5.38 Å². The van der Waals surface area contributed by atoms with Gasteiger partial charge in [0.2, 0.25) is 0 Å². The highest BCUT2D eigenvalue weighted by molar-refractivity contribution is 7.14. The predicted octanol–water partition coefficient (Wildman–Crippen LogP) is 0.0870. The number of nitrogen functional groups attached to an aromatic ring is 1. The normalized spacial score (nSPS) is 9.44. The molecule has 0 saturated carbocycles. The molecule has 0 aromatic carbocycles. The van der Waals surface area contributed by atoms with Crippen LogP contribution in [-0.4, -0.2) is 16.8 Å². The van der Waals surface area contributed by atoms with E-state index in [-0.39, 0.29) is 6.73 Å². The summed E-state index contributed by atoms with van der Waals surface area (Å²) in [5.41, 5.74) is 5.29. The van der Waals surface area contributed by atoms with E-state index in [2.05, 4.69) is 10.3 Å². The van der Waals surface area contributed by atoms with Gasteiger partial charge in [0.15, 0.2) is 5.13 Å². The zero-order chi connectivity index (χ0) is 6.69. The van der Waals surface area contributed by atoms with Gasteiger partial charge in [-0.05, 0) is 0 Å². The molecular formula is C4H7N3OS. The monoisotopic (exact) mass is 145 g/mol. The number of hydrogen-bond donors (Lipinski definition) is 3. The largest absolute Gasteiger partial charge is 0.383 e. The van der Waals surface area contributed by atoms with E-state index in [9.17, 15) is 0 Å². The first-order valence-corrected chi connectivity index (χ1v) is 3.26. The lowest BCUT2D eigenvalue weighted by Gasteiger charge is -1.91. The van der Waals surface area contributed by atoms with Crippen LogP contribution in [0.2, 0.25) is 0 Å². The second-order valence-corrected chi connectivity index (χ2v) is 2.27. The number of anilines is 2. The van der Waals surface area contributed by atoms with Crippen LogP contribution in [0.3, 0.4) is 0 Å².